The van der Waals surface area contributed by atoms with Gasteiger partial charge in [0.15, 0.2) is 0 Å². The Morgan fingerprint density at radius 3 is 2.57 bits per heavy atom. The molecular formula is C25H32N8O2. The van der Waals surface area contributed by atoms with Crippen LogP contribution < -0.4 is 30.5 Å². The molecule has 4 rings (SSSR count). The van der Waals surface area contributed by atoms with Gasteiger partial charge >= 0.3 is 6.03 Å². The summed E-state index contributed by atoms with van der Waals surface area (Å²) in [6.45, 7) is 2.11. The zero-order valence-corrected chi connectivity index (χ0v) is 20.8. The van der Waals surface area contributed by atoms with E-state index in [0.717, 1.165) is 30.0 Å². The Bertz CT molecular complexity index is 1200. The molecule has 1 aliphatic heterocycles. The summed E-state index contributed by atoms with van der Waals surface area (Å²) in [6.07, 6.45) is 1.74. The highest BCUT2D eigenvalue weighted by molar-refractivity contribution is 6.05. The number of likely N-dealkylation sites (N-methyl/N-ethyl adjacent to an activating group) is 2. The van der Waals surface area contributed by atoms with Crippen LogP contribution in [0.2, 0.25) is 0 Å². The van der Waals surface area contributed by atoms with Gasteiger partial charge in [0.1, 0.15) is 11.6 Å². The third kappa shape index (κ3) is 5.07. The van der Waals surface area contributed by atoms with E-state index >= 15 is 0 Å². The minimum Gasteiger partial charge on any atom is -0.494 e. The maximum Gasteiger partial charge on any atom is 0.330 e. The minimum absolute atomic E-state index is 0.153. The molecule has 0 aliphatic carbocycles. The summed E-state index contributed by atoms with van der Waals surface area (Å²) in [6, 6.07) is 13.1. The van der Waals surface area contributed by atoms with Crippen LogP contribution in [0, 0.1) is 0 Å². The van der Waals surface area contributed by atoms with Gasteiger partial charge in [0.2, 0.25) is 5.95 Å². The van der Waals surface area contributed by atoms with E-state index in [9.17, 15) is 4.79 Å². The number of nitrogens with one attached hydrogen (secondary N) is 1. The number of hydrogen-bond donors (Lipinski definition) is 2. The van der Waals surface area contributed by atoms with Crippen molar-refractivity contribution in [1.82, 2.24) is 14.9 Å². The van der Waals surface area contributed by atoms with E-state index in [1.54, 1.807) is 25.3 Å². The Hall–Kier alpha value is -4.05. The van der Waals surface area contributed by atoms with E-state index < -0.39 is 0 Å². The number of fused-ring (bicyclic) bond motifs is 1. The highest BCUT2D eigenvalue weighted by Crippen LogP contribution is 2.37. The number of nitrogens with zero attached hydrogens (tertiary/aromatic N) is 6. The van der Waals surface area contributed by atoms with Gasteiger partial charge in [0.25, 0.3) is 0 Å². The van der Waals surface area contributed by atoms with E-state index in [1.807, 2.05) is 63.6 Å². The molecule has 35 heavy (non-hydrogen) atoms. The second kappa shape index (κ2) is 10.1. The molecule has 10 heteroatoms. The third-order valence-corrected chi connectivity index (χ3v) is 5.96. The Morgan fingerprint density at radius 2 is 1.89 bits per heavy atom. The van der Waals surface area contributed by atoms with E-state index in [1.165, 1.54) is 4.90 Å². The van der Waals surface area contributed by atoms with Crippen LogP contribution in [0.3, 0.4) is 0 Å². The number of benzene rings is 2. The summed E-state index contributed by atoms with van der Waals surface area (Å²) in [5.74, 6) is 1.53. The predicted molar refractivity (Wildman–Crippen MR) is 141 cm³/mol. The number of urea groups is 1. The SMILES string of the molecule is COc1cc(N(C)CCN(C)C)c(N)cc1Nc1ncc2c(n1)N(C)C(=O)N(c1ccccc1)C2. The van der Waals surface area contributed by atoms with Crippen molar-refractivity contribution in [2.75, 3.05) is 74.1 Å². The molecule has 2 amide bonds. The summed E-state index contributed by atoms with van der Waals surface area (Å²) in [7, 11) is 9.39. The molecule has 3 N–H and O–H groups in total. The Kier molecular flexibility index (Phi) is 6.92. The van der Waals surface area contributed by atoms with Gasteiger partial charge < -0.3 is 25.6 Å². The van der Waals surface area contributed by atoms with Gasteiger partial charge in [-0.25, -0.2) is 9.78 Å². The van der Waals surface area contributed by atoms with Crippen LogP contribution in [0.4, 0.5) is 39.3 Å². The van der Waals surface area contributed by atoms with Crippen molar-refractivity contribution in [1.29, 1.82) is 0 Å². The standard InChI is InChI=1S/C25H32N8O2/c1-30(2)11-12-31(3)21-14-22(35-5)20(13-19(21)26)28-24-27-15-17-16-33(18-9-7-6-8-10-18)25(34)32(4)23(17)29-24/h6-10,13-15H,11-12,16,26H2,1-5H3,(H,27,28,29). The normalized spacial score (nSPS) is 13.1. The van der Waals surface area contributed by atoms with Gasteiger partial charge in [0.05, 0.1) is 30.7 Å². The number of carbonyl (C=O) groups is 1. The number of anilines is 6. The van der Waals surface area contributed by atoms with E-state index in [-0.39, 0.29) is 6.03 Å². The molecule has 2 aromatic carbocycles. The molecule has 0 atom stereocenters. The molecule has 1 aromatic heterocycles. The number of para-hydroxylation sites is 1. The minimum atomic E-state index is -0.153. The lowest BCUT2D eigenvalue weighted by Crippen LogP contribution is -2.45. The lowest BCUT2D eigenvalue weighted by molar-refractivity contribution is 0.251. The number of amides is 2. The molecule has 0 saturated heterocycles. The molecule has 0 fully saturated rings. The lowest BCUT2D eigenvalue weighted by atomic mass is 10.2. The fourth-order valence-corrected chi connectivity index (χ4v) is 3.95. The van der Waals surface area contributed by atoms with Crippen molar-refractivity contribution in [3.05, 3.63) is 54.2 Å². The largest absolute Gasteiger partial charge is 0.494 e. The molecule has 0 radical (unpaired) electrons. The van der Waals surface area contributed by atoms with Crippen molar-refractivity contribution in [2.24, 2.45) is 0 Å². The number of carbonyl (C=O) groups excluding carboxylic acids is 1. The number of aromatic nitrogens is 2. The first-order chi connectivity index (χ1) is 16.8. The molecule has 0 spiro atoms. The second-order valence-corrected chi connectivity index (χ2v) is 8.77. The van der Waals surface area contributed by atoms with E-state index in [4.69, 9.17) is 10.5 Å². The van der Waals surface area contributed by atoms with Gasteiger partial charge in [-0.2, -0.15) is 4.98 Å². The molecule has 0 saturated carbocycles. The summed E-state index contributed by atoms with van der Waals surface area (Å²) in [4.78, 5) is 29.6. The van der Waals surface area contributed by atoms with Crippen LogP contribution in [0.15, 0.2) is 48.7 Å². The molecule has 184 valence electrons. The summed E-state index contributed by atoms with van der Waals surface area (Å²) >= 11 is 0. The zero-order valence-electron chi connectivity index (χ0n) is 20.8. The van der Waals surface area contributed by atoms with Crippen LogP contribution in [-0.2, 0) is 6.54 Å². The molecular weight excluding hydrogens is 444 g/mol. The number of hydrogen-bond acceptors (Lipinski definition) is 8. The summed E-state index contributed by atoms with van der Waals surface area (Å²) < 4.78 is 5.62. The molecule has 2 heterocycles. The molecule has 0 unspecified atom stereocenters. The van der Waals surface area contributed by atoms with Crippen molar-refractivity contribution in [3.8, 4) is 5.75 Å². The van der Waals surface area contributed by atoms with Gasteiger partial charge in [-0.1, -0.05) is 18.2 Å². The fourth-order valence-electron chi connectivity index (χ4n) is 3.95. The highest BCUT2D eigenvalue weighted by atomic mass is 16.5. The van der Waals surface area contributed by atoms with E-state index in [2.05, 4.69) is 25.1 Å². The quantitative estimate of drug-likeness (QED) is 0.477. The second-order valence-electron chi connectivity index (χ2n) is 8.77. The summed E-state index contributed by atoms with van der Waals surface area (Å²) in [5.41, 5.74) is 10.2. The lowest BCUT2D eigenvalue weighted by Gasteiger charge is -2.34. The van der Waals surface area contributed by atoms with Crippen molar-refractivity contribution in [2.45, 2.75) is 6.54 Å². The van der Waals surface area contributed by atoms with Gasteiger partial charge in [-0.3, -0.25) is 9.80 Å². The Morgan fingerprint density at radius 1 is 1.14 bits per heavy atom. The van der Waals surface area contributed by atoms with Crippen LogP contribution >= 0.6 is 0 Å². The average molecular weight is 477 g/mol. The van der Waals surface area contributed by atoms with Crippen LogP contribution in [-0.4, -0.2) is 69.3 Å². The fraction of sp³-hybridized carbons (Fsp3) is 0.320. The molecule has 0 bridgehead atoms. The van der Waals surface area contributed by atoms with Gasteiger partial charge in [-0.05, 0) is 32.3 Å². The van der Waals surface area contributed by atoms with Crippen LogP contribution in [0.1, 0.15) is 5.56 Å². The van der Waals surface area contributed by atoms with Gasteiger partial charge in [-0.15, -0.1) is 0 Å². The van der Waals surface area contributed by atoms with Crippen LogP contribution in [0.5, 0.6) is 5.75 Å². The topological polar surface area (TPSA) is 103 Å². The highest BCUT2D eigenvalue weighted by Gasteiger charge is 2.30. The molecule has 3 aromatic rings. The number of ether oxygens (including phenoxy) is 1. The third-order valence-electron chi connectivity index (χ3n) is 5.96. The van der Waals surface area contributed by atoms with Gasteiger partial charge in [0, 0.05) is 50.7 Å². The molecule has 10 nitrogen and oxygen atoms in total. The molecule has 1 aliphatic rings. The number of nitrogen functional groups attached to an aromatic ring is 1. The van der Waals surface area contributed by atoms with Crippen molar-refractivity contribution < 1.29 is 9.53 Å². The van der Waals surface area contributed by atoms with Crippen molar-refractivity contribution >= 4 is 40.5 Å². The summed E-state index contributed by atoms with van der Waals surface area (Å²) in [5, 5.41) is 3.20. The first kappa shape index (κ1) is 24.1. The number of nitrogens with two attached hydrogens (primary N) is 1. The van der Waals surface area contributed by atoms with Crippen molar-refractivity contribution in [3.63, 3.8) is 0 Å². The maximum absolute atomic E-state index is 13.0. The number of rotatable bonds is 8. The first-order valence-electron chi connectivity index (χ1n) is 11.3. The monoisotopic (exact) mass is 476 g/mol. The smallest absolute Gasteiger partial charge is 0.330 e. The maximum atomic E-state index is 13.0. The first-order valence-corrected chi connectivity index (χ1v) is 11.3. The zero-order chi connectivity index (χ0) is 25.1. The Labute approximate surface area is 205 Å². The Balaban J connectivity index is 1.58. The van der Waals surface area contributed by atoms with Crippen LogP contribution in [0.25, 0.3) is 0 Å². The predicted octanol–water partition coefficient (Wildman–Crippen LogP) is 3.39. The average Bonchev–Trinajstić information content (AvgIpc) is 2.85. The van der Waals surface area contributed by atoms with E-state index in [0.29, 0.717) is 35.4 Å². The number of methoxy groups -OCH3 is 1.